The van der Waals surface area contributed by atoms with Gasteiger partial charge in [-0.25, -0.2) is 9.59 Å². The van der Waals surface area contributed by atoms with Gasteiger partial charge < -0.3 is 24.2 Å². The molecule has 0 unspecified atom stereocenters. The lowest BCUT2D eigenvalue weighted by Gasteiger charge is -2.42. The number of amides is 2. The molecule has 0 aromatic heterocycles. The number of piperidine rings is 1. The molecule has 1 spiro atoms. The van der Waals surface area contributed by atoms with Crippen molar-refractivity contribution in [2.24, 2.45) is 0 Å². The predicted octanol–water partition coefficient (Wildman–Crippen LogP) is 5.62. The number of rotatable bonds is 6. The van der Waals surface area contributed by atoms with Crippen LogP contribution in [0.5, 0.6) is 0 Å². The Bertz CT molecular complexity index is 1360. The Morgan fingerprint density at radius 3 is 2.05 bits per heavy atom. The Morgan fingerprint density at radius 1 is 0.829 bits per heavy atom. The zero-order valence-corrected chi connectivity index (χ0v) is 23.9. The Labute approximate surface area is 241 Å². The Morgan fingerprint density at radius 2 is 1.44 bits per heavy atom. The molecule has 0 N–H and O–H groups in total. The fourth-order valence-corrected chi connectivity index (χ4v) is 5.50. The molecule has 2 saturated heterocycles. The van der Waals surface area contributed by atoms with E-state index in [0.717, 1.165) is 16.8 Å². The maximum atomic E-state index is 14.1. The molecule has 8 nitrogen and oxygen atoms in total. The van der Waals surface area contributed by atoms with Gasteiger partial charge in [-0.05, 0) is 69.0 Å². The molecule has 0 aliphatic carbocycles. The van der Waals surface area contributed by atoms with Gasteiger partial charge in [0, 0.05) is 25.3 Å². The summed E-state index contributed by atoms with van der Waals surface area (Å²) in [6, 6.07) is 26.8. The molecule has 0 saturated carbocycles. The van der Waals surface area contributed by atoms with Crippen LogP contribution in [-0.4, -0.2) is 58.7 Å². The molecular formula is C33H37N3O5. The summed E-state index contributed by atoms with van der Waals surface area (Å²) in [5.41, 5.74) is 2.01. The van der Waals surface area contributed by atoms with Gasteiger partial charge in [0.25, 0.3) is 0 Å². The fourth-order valence-electron chi connectivity index (χ4n) is 5.50. The number of nitrogens with zero attached hydrogens (tertiary/aromatic N) is 3. The number of hydrogen-bond acceptors (Lipinski definition) is 6. The number of likely N-dealkylation sites (tertiary alicyclic amines) is 1. The van der Waals surface area contributed by atoms with Crippen molar-refractivity contribution >= 4 is 23.7 Å². The molecule has 3 aromatic carbocycles. The first kappa shape index (κ1) is 28.2. The monoisotopic (exact) mass is 555 g/mol. The van der Waals surface area contributed by atoms with Crippen LogP contribution in [0.1, 0.15) is 55.1 Å². The Balaban J connectivity index is 1.28. The van der Waals surface area contributed by atoms with Crippen molar-refractivity contribution in [3.05, 3.63) is 102 Å². The largest absolute Gasteiger partial charge is 0.456 e. The topological polar surface area (TPSA) is 79.4 Å². The summed E-state index contributed by atoms with van der Waals surface area (Å²) in [6.45, 7) is 7.45. The van der Waals surface area contributed by atoms with E-state index in [0.29, 0.717) is 44.7 Å². The van der Waals surface area contributed by atoms with Crippen molar-refractivity contribution in [1.82, 2.24) is 9.80 Å². The van der Waals surface area contributed by atoms with Gasteiger partial charge in [-0.3, -0.25) is 4.79 Å². The lowest BCUT2D eigenvalue weighted by Crippen LogP contribution is -2.57. The predicted molar refractivity (Wildman–Crippen MR) is 156 cm³/mol. The van der Waals surface area contributed by atoms with Gasteiger partial charge in [-0.15, -0.1) is 0 Å². The summed E-state index contributed by atoms with van der Waals surface area (Å²) >= 11 is 0. The van der Waals surface area contributed by atoms with Crippen LogP contribution in [0.15, 0.2) is 84.9 Å². The standard InChI is InChI=1S/C33H37N3O5/c1-32(2,3)41-29(37)27-16-14-25(15-17-27)22-35-24-36(28-12-8-5-9-13-28)33(30(35)38)18-20-34(21-19-33)31(39)40-23-26-10-6-4-7-11-26/h4-17H,18-24H2,1-3H3. The molecule has 2 fully saturated rings. The van der Waals surface area contributed by atoms with Gasteiger partial charge in [-0.1, -0.05) is 60.7 Å². The van der Waals surface area contributed by atoms with Gasteiger partial charge in [0.1, 0.15) is 17.7 Å². The molecule has 0 atom stereocenters. The first-order valence-corrected chi connectivity index (χ1v) is 14.0. The van der Waals surface area contributed by atoms with Gasteiger partial charge in [0.05, 0.1) is 12.2 Å². The van der Waals surface area contributed by atoms with Crippen molar-refractivity contribution in [1.29, 1.82) is 0 Å². The van der Waals surface area contributed by atoms with Crippen LogP contribution in [-0.2, 0) is 27.4 Å². The molecule has 41 heavy (non-hydrogen) atoms. The number of carbonyl (C=O) groups is 3. The first-order chi connectivity index (χ1) is 19.6. The third kappa shape index (κ3) is 6.37. The van der Waals surface area contributed by atoms with Crippen LogP contribution in [0.3, 0.4) is 0 Å². The van der Waals surface area contributed by atoms with Gasteiger partial charge in [-0.2, -0.15) is 0 Å². The highest BCUT2D eigenvalue weighted by Crippen LogP contribution is 2.40. The zero-order chi connectivity index (χ0) is 29.0. The summed E-state index contributed by atoms with van der Waals surface area (Å²) < 4.78 is 11.0. The molecular weight excluding hydrogens is 518 g/mol. The van der Waals surface area contributed by atoms with Crippen LogP contribution in [0.4, 0.5) is 10.5 Å². The van der Waals surface area contributed by atoms with Crippen LogP contribution < -0.4 is 4.90 Å². The van der Waals surface area contributed by atoms with E-state index in [1.54, 1.807) is 17.0 Å². The zero-order valence-electron chi connectivity index (χ0n) is 23.9. The van der Waals surface area contributed by atoms with Crippen LogP contribution in [0.25, 0.3) is 0 Å². The minimum absolute atomic E-state index is 0.0508. The smallest absolute Gasteiger partial charge is 0.410 e. The molecule has 2 amide bonds. The fraction of sp³-hybridized carbons (Fsp3) is 0.364. The van der Waals surface area contributed by atoms with Gasteiger partial charge in [0.2, 0.25) is 5.91 Å². The second-order valence-corrected chi connectivity index (χ2v) is 11.7. The quantitative estimate of drug-likeness (QED) is 0.368. The molecule has 2 heterocycles. The minimum Gasteiger partial charge on any atom is -0.456 e. The summed E-state index contributed by atoms with van der Waals surface area (Å²) in [6.07, 6.45) is 0.659. The van der Waals surface area contributed by atoms with E-state index in [1.165, 1.54) is 0 Å². The van der Waals surface area contributed by atoms with E-state index < -0.39 is 11.1 Å². The number of ether oxygens (including phenoxy) is 2. The van der Waals surface area contributed by atoms with E-state index >= 15 is 0 Å². The van der Waals surface area contributed by atoms with Crippen molar-refractivity contribution in [3.63, 3.8) is 0 Å². The average Bonchev–Trinajstić information content (AvgIpc) is 3.23. The van der Waals surface area contributed by atoms with Crippen LogP contribution in [0.2, 0.25) is 0 Å². The lowest BCUT2D eigenvalue weighted by atomic mass is 9.85. The molecule has 2 aliphatic rings. The minimum atomic E-state index is -0.742. The van der Waals surface area contributed by atoms with Crippen molar-refractivity contribution < 1.29 is 23.9 Å². The third-order valence-corrected chi connectivity index (χ3v) is 7.60. The van der Waals surface area contributed by atoms with Crippen molar-refractivity contribution in [3.8, 4) is 0 Å². The summed E-state index contributed by atoms with van der Waals surface area (Å²) in [7, 11) is 0. The molecule has 0 bridgehead atoms. The number of anilines is 1. The normalized spacial score (nSPS) is 16.7. The van der Waals surface area contributed by atoms with E-state index in [4.69, 9.17) is 9.47 Å². The summed E-state index contributed by atoms with van der Waals surface area (Å²) in [5, 5.41) is 0. The molecule has 5 rings (SSSR count). The number of para-hydroxylation sites is 1. The van der Waals surface area contributed by atoms with Crippen molar-refractivity contribution in [2.75, 3.05) is 24.7 Å². The van der Waals surface area contributed by atoms with Crippen LogP contribution >= 0.6 is 0 Å². The number of esters is 1. The molecule has 214 valence electrons. The SMILES string of the molecule is CC(C)(C)OC(=O)c1ccc(CN2CN(c3ccccc3)C3(CCN(C(=O)OCc4ccccc4)CC3)C2=O)cc1. The van der Waals surface area contributed by atoms with Crippen molar-refractivity contribution in [2.45, 2.75) is 57.9 Å². The Kier molecular flexibility index (Phi) is 8.01. The highest BCUT2D eigenvalue weighted by molar-refractivity contribution is 5.94. The van der Waals surface area contributed by atoms with E-state index in [9.17, 15) is 14.4 Å². The van der Waals surface area contributed by atoms with Gasteiger partial charge >= 0.3 is 12.1 Å². The van der Waals surface area contributed by atoms with E-state index in [-0.39, 0.29) is 24.6 Å². The molecule has 2 aliphatic heterocycles. The maximum absolute atomic E-state index is 14.1. The first-order valence-electron chi connectivity index (χ1n) is 14.0. The Hall–Kier alpha value is -4.33. The highest BCUT2D eigenvalue weighted by atomic mass is 16.6. The molecule has 8 heteroatoms. The average molecular weight is 556 g/mol. The van der Waals surface area contributed by atoms with E-state index in [2.05, 4.69) is 4.90 Å². The number of carbonyl (C=O) groups excluding carboxylic acids is 3. The lowest BCUT2D eigenvalue weighted by molar-refractivity contribution is -0.134. The molecule has 3 aromatic rings. The number of benzene rings is 3. The van der Waals surface area contributed by atoms with Gasteiger partial charge in [0.15, 0.2) is 0 Å². The number of hydrogen-bond donors (Lipinski definition) is 0. The highest BCUT2D eigenvalue weighted by Gasteiger charge is 2.54. The van der Waals surface area contributed by atoms with E-state index in [1.807, 2.05) is 98.5 Å². The summed E-state index contributed by atoms with van der Waals surface area (Å²) in [5.74, 6) is -0.320. The summed E-state index contributed by atoms with van der Waals surface area (Å²) in [4.78, 5) is 45.1. The third-order valence-electron chi connectivity index (χ3n) is 7.60. The second-order valence-electron chi connectivity index (χ2n) is 11.7. The second kappa shape index (κ2) is 11.6. The molecule has 0 radical (unpaired) electrons. The van der Waals surface area contributed by atoms with Crippen LogP contribution in [0, 0.1) is 0 Å². The maximum Gasteiger partial charge on any atom is 0.410 e.